The molecule has 33 heavy (non-hydrogen) atoms. The van der Waals surface area contributed by atoms with Gasteiger partial charge in [-0.15, -0.1) is 0 Å². The monoisotopic (exact) mass is 439 g/mol. The molecule has 0 amide bonds. The van der Waals surface area contributed by atoms with Gasteiger partial charge < -0.3 is 9.84 Å². The number of hydrogen-bond donors (Lipinski definition) is 1. The molecule has 0 unspecified atom stereocenters. The van der Waals surface area contributed by atoms with Crippen LogP contribution in [0.2, 0.25) is 0 Å². The fraction of sp³-hybridized carbons (Fsp3) is 0.179. The van der Waals surface area contributed by atoms with E-state index in [2.05, 4.69) is 6.92 Å². The van der Waals surface area contributed by atoms with E-state index < -0.39 is 11.9 Å². The van der Waals surface area contributed by atoms with Gasteiger partial charge in [0.1, 0.15) is 17.4 Å². The quantitative estimate of drug-likeness (QED) is 0.199. The Morgan fingerprint density at radius 1 is 0.970 bits per heavy atom. The minimum absolute atomic E-state index is 0.126. The van der Waals surface area contributed by atoms with Crippen molar-refractivity contribution in [1.82, 2.24) is 0 Å². The summed E-state index contributed by atoms with van der Waals surface area (Å²) in [6.45, 7) is 4.11. The summed E-state index contributed by atoms with van der Waals surface area (Å²) in [5, 5.41) is 19.0. The summed E-state index contributed by atoms with van der Waals surface area (Å²) in [4.78, 5) is 24.1. The highest BCUT2D eigenvalue weighted by Crippen LogP contribution is 2.27. The van der Waals surface area contributed by atoms with Crippen molar-refractivity contribution in [1.29, 1.82) is 5.26 Å². The van der Waals surface area contributed by atoms with E-state index in [0.717, 1.165) is 36.0 Å². The van der Waals surface area contributed by atoms with Gasteiger partial charge in [-0.25, -0.2) is 9.59 Å². The van der Waals surface area contributed by atoms with Crippen LogP contribution in [0.15, 0.2) is 72.3 Å². The van der Waals surface area contributed by atoms with Crippen molar-refractivity contribution in [3.05, 3.63) is 94.6 Å². The zero-order chi connectivity index (χ0) is 23.8. The van der Waals surface area contributed by atoms with Gasteiger partial charge in [-0.3, -0.25) is 0 Å². The van der Waals surface area contributed by atoms with Crippen LogP contribution in [0.4, 0.5) is 0 Å². The molecule has 0 saturated carbocycles. The molecule has 0 aliphatic carbocycles. The van der Waals surface area contributed by atoms with E-state index in [4.69, 9.17) is 4.74 Å². The highest BCUT2D eigenvalue weighted by atomic mass is 16.5. The number of carboxylic acids is 1. The summed E-state index contributed by atoms with van der Waals surface area (Å²) in [5.41, 5.74) is 4.32. The maximum absolute atomic E-state index is 12.4. The second-order valence-corrected chi connectivity index (χ2v) is 7.61. The van der Waals surface area contributed by atoms with Crippen molar-refractivity contribution in [2.24, 2.45) is 0 Å². The number of nitrogens with zero attached hydrogens (tertiary/aromatic N) is 1. The van der Waals surface area contributed by atoms with Gasteiger partial charge in [0.25, 0.3) is 0 Å². The fourth-order valence-corrected chi connectivity index (χ4v) is 3.48. The summed E-state index contributed by atoms with van der Waals surface area (Å²) in [6.07, 6.45) is 4.16. The molecule has 0 heterocycles. The second kappa shape index (κ2) is 10.9. The molecule has 0 saturated heterocycles. The lowest BCUT2D eigenvalue weighted by atomic mass is 9.95. The number of carbonyl (C=O) groups is 2. The van der Waals surface area contributed by atoms with E-state index in [0.29, 0.717) is 16.9 Å². The summed E-state index contributed by atoms with van der Waals surface area (Å²) in [7, 11) is 0. The van der Waals surface area contributed by atoms with Gasteiger partial charge in [-0.1, -0.05) is 68.8 Å². The topological polar surface area (TPSA) is 87.4 Å². The molecule has 5 heteroatoms. The normalized spacial score (nSPS) is 11.0. The molecular weight excluding hydrogens is 414 g/mol. The van der Waals surface area contributed by atoms with Crippen molar-refractivity contribution >= 4 is 18.0 Å². The summed E-state index contributed by atoms with van der Waals surface area (Å²) in [6, 6.07) is 21.5. The Balaban J connectivity index is 1.84. The Kier molecular flexibility index (Phi) is 7.77. The third kappa shape index (κ3) is 5.96. The molecule has 1 N–H and O–H groups in total. The highest BCUT2D eigenvalue weighted by molar-refractivity contribution is 5.99. The van der Waals surface area contributed by atoms with Crippen LogP contribution in [0.25, 0.3) is 17.2 Å². The number of carbonyl (C=O) groups excluding carboxylic acids is 1. The maximum Gasteiger partial charge on any atom is 0.354 e. The number of carboxylic acid groups (broad SMARTS) is 1. The van der Waals surface area contributed by atoms with Crippen LogP contribution in [0.3, 0.4) is 0 Å². The summed E-state index contributed by atoms with van der Waals surface area (Å²) < 4.78 is 5.32. The van der Waals surface area contributed by atoms with E-state index in [-0.39, 0.29) is 11.1 Å². The average molecular weight is 440 g/mol. The maximum atomic E-state index is 12.4. The van der Waals surface area contributed by atoms with Crippen molar-refractivity contribution in [3.8, 4) is 22.9 Å². The van der Waals surface area contributed by atoms with Gasteiger partial charge in [-0.2, -0.15) is 5.26 Å². The largest absolute Gasteiger partial charge is 0.478 e. The molecule has 5 nitrogen and oxygen atoms in total. The number of esters is 1. The predicted octanol–water partition coefficient (Wildman–Crippen LogP) is 6.08. The fourth-order valence-electron chi connectivity index (χ4n) is 3.48. The van der Waals surface area contributed by atoms with Crippen molar-refractivity contribution in [3.63, 3.8) is 0 Å². The molecule has 0 aliphatic rings. The van der Waals surface area contributed by atoms with Crippen LogP contribution in [-0.4, -0.2) is 17.0 Å². The standard InChI is InChI=1S/C28H25NO4/c1-3-5-20-10-15-25(27(30)31)26(17-20)22-11-6-21(7-12-22)16-23(18-29)28(32)33-24-13-8-19(4-2)9-14-24/h6-17H,3-5H2,1-2H3,(H,30,31). The van der Waals surface area contributed by atoms with Gasteiger partial charge in [0, 0.05) is 0 Å². The first-order chi connectivity index (χ1) is 15.9. The first-order valence-corrected chi connectivity index (χ1v) is 10.8. The molecule has 166 valence electrons. The Labute approximate surface area is 193 Å². The van der Waals surface area contributed by atoms with E-state index in [1.54, 1.807) is 42.5 Å². The molecule has 3 rings (SSSR count). The Hall–Kier alpha value is -4.17. The van der Waals surface area contributed by atoms with Gasteiger partial charge in [0.2, 0.25) is 0 Å². The molecule has 0 atom stereocenters. The minimum atomic E-state index is -0.987. The first-order valence-electron chi connectivity index (χ1n) is 10.8. The minimum Gasteiger partial charge on any atom is -0.478 e. The molecule has 0 fully saturated rings. The SMILES string of the molecule is CCCc1ccc(C(=O)O)c(-c2ccc(C=C(C#N)C(=O)Oc3ccc(CC)cc3)cc2)c1. The molecule has 0 bridgehead atoms. The number of aromatic carboxylic acids is 1. The van der Waals surface area contributed by atoms with Crippen LogP contribution in [0.5, 0.6) is 5.75 Å². The first kappa shape index (κ1) is 23.5. The third-order valence-electron chi connectivity index (χ3n) is 5.27. The molecule has 0 radical (unpaired) electrons. The zero-order valence-electron chi connectivity index (χ0n) is 18.7. The Morgan fingerprint density at radius 3 is 2.21 bits per heavy atom. The Bertz CT molecular complexity index is 1220. The number of ether oxygens (including phenoxy) is 1. The number of hydrogen-bond acceptors (Lipinski definition) is 4. The second-order valence-electron chi connectivity index (χ2n) is 7.61. The van der Waals surface area contributed by atoms with E-state index in [1.807, 2.05) is 37.3 Å². The van der Waals surface area contributed by atoms with Gasteiger partial charge in [0.15, 0.2) is 0 Å². The van der Waals surface area contributed by atoms with Crippen LogP contribution < -0.4 is 4.74 Å². The number of nitriles is 1. The van der Waals surface area contributed by atoms with Crippen LogP contribution in [0, 0.1) is 11.3 Å². The van der Waals surface area contributed by atoms with Crippen LogP contribution in [-0.2, 0) is 17.6 Å². The lowest BCUT2D eigenvalue weighted by Gasteiger charge is -2.10. The van der Waals surface area contributed by atoms with E-state index in [1.165, 1.54) is 6.08 Å². The van der Waals surface area contributed by atoms with Crippen molar-refractivity contribution in [2.45, 2.75) is 33.1 Å². The van der Waals surface area contributed by atoms with Crippen molar-refractivity contribution in [2.75, 3.05) is 0 Å². The summed E-state index contributed by atoms with van der Waals surface area (Å²) >= 11 is 0. The van der Waals surface area contributed by atoms with Gasteiger partial charge >= 0.3 is 11.9 Å². The summed E-state index contributed by atoms with van der Waals surface area (Å²) in [5.74, 6) is -1.34. The molecule has 0 aliphatic heterocycles. The Morgan fingerprint density at radius 2 is 1.64 bits per heavy atom. The van der Waals surface area contributed by atoms with E-state index >= 15 is 0 Å². The van der Waals surface area contributed by atoms with Gasteiger partial charge in [-0.05, 0) is 64.9 Å². The third-order valence-corrected chi connectivity index (χ3v) is 5.27. The van der Waals surface area contributed by atoms with Crippen molar-refractivity contribution < 1.29 is 19.4 Å². The van der Waals surface area contributed by atoms with Crippen LogP contribution in [0.1, 0.15) is 47.3 Å². The van der Waals surface area contributed by atoms with E-state index in [9.17, 15) is 20.0 Å². The number of benzene rings is 3. The predicted molar refractivity (Wildman–Crippen MR) is 128 cm³/mol. The number of aryl methyl sites for hydroxylation is 2. The van der Waals surface area contributed by atoms with Gasteiger partial charge in [0.05, 0.1) is 5.56 Å². The zero-order valence-corrected chi connectivity index (χ0v) is 18.7. The molecule has 0 aromatic heterocycles. The smallest absolute Gasteiger partial charge is 0.354 e. The lowest BCUT2D eigenvalue weighted by molar-refractivity contribution is -0.129. The molecule has 3 aromatic carbocycles. The lowest BCUT2D eigenvalue weighted by Crippen LogP contribution is -2.10. The molecule has 0 spiro atoms. The highest BCUT2D eigenvalue weighted by Gasteiger charge is 2.14. The number of rotatable bonds is 8. The molecular formula is C28H25NO4. The van der Waals surface area contributed by atoms with Crippen LogP contribution >= 0.6 is 0 Å². The average Bonchev–Trinajstić information content (AvgIpc) is 2.83. The molecule has 3 aromatic rings.